The first-order chi connectivity index (χ1) is 9.80. The van der Waals surface area contributed by atoms with Crippen molar-refractivity contribution in [3.05, 3.63) is 35.0 Å². The Balaban J connectivity index is 2.01. The van der Waals surface area contributed by atoms with Gasteiger partial charge in [0.15, 0.2) is 0 Å². The molecule has 0 aliphatic rings. The number of nitrogens with zero attached hydrogens (tertiary/aromatic N) is 2. The molecule has 0 radical (unpaired) electrons. The highest BCUT2D eigenvalue weighted by molar-refractivity contribution is 5.25. The molecular formula is C17H26N2O2. The Labute approximate surface area is 126 Å². The van der Waals surface area contributed by atoms with Crippen LogP contribution >= 0.6 is 0 Å². The summed E-state index contributed by atoms with van der Waals surface area (Å²) in [5, 5.41) is 8.30. The lowest BCUT2D eigenvalue weighted by atomic mass is 9.83. The van der Waals surface area contributed by atoms with E-state index in [2.05, 4.69) is 44.9 Å². The van der Waals surface area contributed by atoms with E-state index in [1.165, 1.54) is 5.56 Å². The molecule has 0 aliphatic heterocycles. The van der Waals surface area contributed by atoms with Crippen LogP contribution in [0.25, 0.3) is 0 Å². The topological polar surface area (TPSA) is 52.1 Å². The molecule has 0 N–H and O–H groups in total. The molecule has 4 heteroatoms. The number of aromatic nitrogens is 2. The van der Waals surface area contributed by atoms with Crippen molar-refractivity contribution in [2.24, 2.45) is 0 Å². The summed E-state index contributed by atoms with van der Waals surface area (Å²) in [4.78, 5) is 0. The SMILES string of the molecule is Cc1conc1C(C)CCC(C)c1conc1C(C)(C)C. The molecule has 2 aromatic heterocycles. The molecule has 116 valence electrons. The molecule has 2 atom stereocenters. The average molecular weight is 290 g/mol. The molecule has 2 aromatic rings. The lowest BCUT2D eigenvalue weighted by Gasteiger charge is -2.20. The first-order valence-corrected chi connectivity index (χ1v) is 7.66. The second-order valence-corrected chi connectivity index (χ2v) is 7.13. The van der Waals surface area contributed by atoms with Crippen LogP contribution in [0.2, 0.25) is 0 Å². The zero-order valence-corrected chi connectivity index (χ0v) is 13.9. The predicted molar refractivity (Wildman–Crippen MR) is 82.5 cm³/mol. The molecule has 0 saturated carbocycles. The van der Waals surface area contributed by atoms with Gasteiger partial charge in [-0.1, -0.05) is 44.9 Å². The van der Waals surface area contributed by atoms with Gasteiger partial charge in [-0.05, 0) is 25.7 Å². The van der Waals surface area contributed by atoms with Gasteiger partial charge in [-0.3, -0.25) is 0 Å². The van der Waals surface area contributed by atoms with Crippen molar-refractivity contribution >= 4 is 0 Å². The summed E-state index contributed by atoms with van der Waals surface area (Å²) in [6.45, 7) is 13.0. The molecule has 2 rings (SSSR count). The lowest BCUT2D eigenvalue weighted by molar-refractivity contribution is 0.393. The van der Waals surface area contributed by atoms with Gasteiger partial charge in [0.05, 0.1) is 11.4 Å². The van der Waals surface area contributed by atoms with Crippen molar-refractivity contribution < 1.29 is 9.05 Å². The maximum Gasteiger partial charge on any atom is 0.127 e. The molecule has 0 bridgehead atoms. The van der Waals surface area contributed by atoms with Gasteiger partial charge in [-0.2, -0.15) is 0 Å². The quantitative estimate of drug-likeness (QED) is 0.781. The third kappa shape index (κ3) is 3.55. The summed E-state index contributed by atoms with van der Waals surface area (Å²) >= 11 is 0. The van der Waals surface area contributed by atoms with E-state index < -0.39 is 0 Å². The normalized spacial score (nSPS) is 15.1. The second-order valence-electron chi connectivity index (χ2n) is 7.13. The van der Waals surface area contributed by atoms with Crippen molar-refractivity contribution in [3.8, 4) is 0 Å². The Morgan fingerprint density at radius 2 is 1.62 bits per heavy atom. The molecular weight excluding hydrogens is 264 g/mol. The van der Waals surface area contributed by atoms with E-state index in [9.17, 15) is 0 Å². The number of rotatable bonds is 5. The first kappa shape index (κ1) is 15.8. The highest BCUT2D eigenvalue weighted by Gasteiger charge is 2.25. The highest BCUT2D eigenvalue weighted by Crippen LogP contribution is 2.33. The molecule has 2 heterocycles. The minimum Gasteiger partial charge on any atom is -0.364 e. The Morgan fingerprint density at radius 3 is 2.19 bits per heavy atom. The van der Waals surface area contributed by atoms with Crippen LogP contribution in [0.1, 0.15) is 81.8 Å². The molecule has 2 unspecified atom stereocenters. The Bertz CT molecular complexity index is 578. The van der Waals surface area contributed by atoms with Gasteiger partial charge in [0, 0.05) is 22.5 Å². The molecule has 0 spiro atoms. The molecule has 4 nitrogen and oxygen atoms in total. The molecule has 0 amide bonds. The first-order valence-electron chi connectivity index (χ1n) is 7.66. The highest BCUT2D eigenvalue weighted by atomic mass is 16.5. The fraction of sp³-hybridized carbons (Fsp3) is 0.647. The van der Waals surface area contributed by atoms with Crippen LogP contribution in [0.15, 0.2) is 21.6 Å². The fourth-order valence-electron chi connectivity index (χ4n) is 2.73. The third-order valence-corrected chi connectivity index (χ3v) is 4.12. The van der Waals surface area contributed by atoms with Crippen LogP contribution in [0.4, 0.5) is 0 Å². The van der Waals surface area contributed by atoms with E-state index in [1.807, 2.05) is 6.92 Å². The van der Waals surface area contributed by atoms with Gasteiger partial charge in [0.2, 0.25) is 0 Å². The summed E-state index contributed by atoms with van der Waals surface area (Å²) in [5.41, 5.74) is 4.52. The van der Waals surface area contributed by atoms with E-state index in [-0.39, 0.29) is 5.41 Å². The average Bonchev–Trinajstić information content (AvgIpc) is 3.03. The van der Waals surface area contributed by atoms with Crippen molar-refractivity contribution in [1.29, 1.82) is 0 Å². The standard InChI is InChI=1S/C17H26N2O2/c1-11(14-10-21-19-16(14)17(4,5)6)7-8-12(2)15-13(3)9-20-18-15/h9-12H,7-8H2,1-6H3. The van der Waals surface area contributed by atoms with Crippen molar-refractivity contribution in [2.45, 2.75) is 71.6 Å². The molecule has 0 aromatic carbocycles. The minimum atomic E-state index is 0.0188. The maximum absolute atomic E-state index is 5.21. The van der Waals surface area contributed by atoms with Crippen molar-refractivity contribution in [3.63, 3.8) is 0 Å². The molecule has 0 aliphatic carbocycles. The number of hydrogen-bond acceptors (Lipinski definition) is 4. The number of hydrogen-bond donors (Lipinski definition) is 0. The summed E-state index contributed by atoms with van der Waals surface area (Å²) in [6.07, 6.45) is 5.67. The molecule has 0 saturated heterocycles. The summed E-state index contributed by atoms with van der Waals surface area (Å²) < 4.78 is 10.2. The predicted octanol–water partition coefficient (Wildman–Crippen LogP) is 4.96. The van der Waals surface area contributed by atoms with E-state index in [1.54, 1.807) is 12.5 Å². The second kappa shape index (κ2) is 6.04. The molecule has 21 heavy (non-hydrogen) atoms. The van der Waals surface area contributed by atoms with Gasteiger partial charge in [0.1, 0.15) is 12.5 Å². The van der Waals surface area contributed by atoms with Crippen LogP contribution in [0, 0.1) is 6.92 Å². The van der Waals surface area contributed by atoms with Gasteiger partial charge >= 0.3 is 0 Å². The van der Waals surface area contributed by atoms with E-state index in [0.717, 1.165) is 29.8 Å². The van der Waals surface area contributed by atoms with E-state index in [4.69, 9.17) is 9.05 Å². The van der Waals surface area contributed by atoms with Gasteiger partial charge in [0.25, 0.3) is 0 Å². The zero-order chi connectivity index (χ0) is 15.6. The van der Waals surface area contributed by atoms with Gasteiger partial charge < -0.3 is 9.05 Å². The fourth-order valence-corrected chi connectivity index (χ4v) is 2.73. The Morgan fingerprint density at radius 1 is 1.00 bits per heavy atom. The Kier molecular flexibility index (Phi) is 4.55. The lowest BCUT2D eigenvalue weighted by Crippen LogP contribution is -2.15. The van der Waals surface area contributed by atoms with Crippen molar-refractivity contribution in [2.75, 3.05) is 0 Å². The van der Waals surface area contributed by atoms with Crippen LogP contribution < -0.4 is 0 Å². The number of aryl methyl sites for hydroxylation is 1. The van der Waals surface area contributed by atoms with Crippen LogP contribution in [-0.4, -0.2) is 10.3 Å². The summed E-state index contributed by atoms with van der Waals surface area (Å²) in [5.74, 6) is 0.837. The smallest absolute Gasteiger partial charge is 0.127 e. The Hall–Kier alpha value is -1.58. The monoisotopic (exact) mass is 290 g/mol. The van der Waals surface area contributed by atoms with Gasteiger partial charge in [-0.15, -0.1) is 0 Å². The van der Waals surface area contributed by atoms with E-state index in [0.29, 0.717) is 11.8 Å². The summed E-state index contributed by atoms with van der Waals surface area (Å²) in [6, 6.07) is 0. The third-order valence-electron chi connectivity index (χ3n) is 4.12. The van der Waals surface area contributed by atoms with Gasteiger partial charge in [-0.25, -0.2) is 0 Å². The molecule has 0 fully saturated rings. The minimum absolute atomic E-state index is 0.0188. The van der Waals surface area contributed by atoms with Crippen LogP contribution in [0.3, 0.4) is 0 Å². The summed E-state index contributed by atoms with van der Waals surface area (Å²) in [7, 11) is 0. The largest absolute Gasteiger partial charge is 0.364 e. The maximum atomic E-state index is 5.21. The van der Waals surface area contributed by atoms with Crippen LogP contribution in [0.5, 0.6) is 0 Å². The van der Waals surface area contributed by atoms with E-state index >= 15 is 0 Å². The van der Waals surface area contributed by atoms with Crippen LogP contribution in [-0.2, 0) is 5.41 Å². The van der Waals surface area contributed by atoms with Crippen molar-refractivity contribution in [1.82, 2.24) is 10.3 Å². The zero-order valence-electron chi connectivity index (χ0n) is 13.9.